The van der Waals surface area contributed by atoms with E-state index in [-0.39, 0.29) is 0 Å². The number of nitrogens with one attached hydrogen (secondary N) is 1. The van der Waals surface area contributed by atoms with Crippen LogP contribution in [0.1, 0.15) is 0 Å². The van der Waals surface area contributed by atoms with Crippen molar-refractivity contribution in [2.45, 2.75) is 0 Å². The second-order valence-corrected chi connectivity index (χ2v) is 3.53. The molecule has 0 amide bonds. The van der Waals surface area contributed by atoms with Gasteiger partial charge in [-0.25, -0.2) is 4.98 Å². The highest BCUT2D eigenvalue weighted by molar-refractivity contribution is 7.18. The van der Waals surface area contributed by atoms with Crippen LogP contribution in [0.5, 0.6) is 0 Å². The summed E-state index contributed by atoms with van der Waals surface area (Å²) in [7, 11) is 3.64. The van der Waals surface area contributed by atoms with Gasteiger partial charge in [0.2, 0.25) is 0 Å². The second-order valence-electron chi connectivity index (χ2n) is 2.50. The minimum Gasteiger partial charge on any atom is -0.365 e. The Balaban J connectivity index is 2.35. The summed E-state index contributed by atoms with van der Waals surface area (Å²) in [6.45, 7) is 0. The summed E-state index contributed by atoms with van der Waals surface area (Å²) in [6.07, 6.45) is 3.52. The molecule has 0 atom stereocenters. The molecule has 0 aliphatic rings. The van der Waals surface area contributed by atoms with Crippen molar-refractivity contribution in [3.8, 4) is 10.6 Å². The van der Waals surface area contributed by atoms with Crippen LogP contribution < -0.4 is 5.32 Å². The van der Waals surface area contributed by atoms with E-state index in [4.69, 9.17) is 0 Å². The molecule has 5 nitrogen and oxygen atoms in total. The molecule has 0 aromatic carbocycles. The van der Waals surface area contributed by atoms with Gasteiger partial charge in [0.05, 0.1) is 11.1 Å². The predicted molar refractivity (Wildman–Crippen MR) is 51.7 cm³/mol. The lowest BCUT2D eigenvalue weighted by molar-refractivity contribution is 0.655. The minimum absolute atomic E-state index is 0.863. The Kier molecular flexibility index (Phi) is 1.97. The number of aryl methyl sites for hydroxylation is 1. The van der Waals surface area contributed by atoms with E-state index in [0.717, 1.165) is 15.7 Å². The Morgan fingerprint density at radius 1 is 1.46 bits per heavy atom. The number of thiazole rings is 1. The topological polar surface area (TPSA) is 55.6 Å². The first-order valence-corrected chi connectivity index (χ1v) is 4.61. The zero-order valence-corrected chi connectivity index (χ0v) is 8.17. The highest BCUT2D eigenvalue weighted by Gasteiger charge is 2.05. The van der Waals surface area contributed by atoms with E-state index < -0.39 is 0 Å². The summed E-state index contributed by atoms with van der Waals surface area (Å²) >= 11 is 1.56. The fourth-order valence-electron chi connectivity index (χ4n) is 0.967. The molecule has 6 heteroatoms. The van der Waals surface area contributed by atoms with Crippen LogP contribution in [0, 0.1) is 0 Å². The first-order valence-electron chi connectivity index (χ1n) is 3.80. The largest absolute Gasteiger partial charge is 0.365 e. The molecule has 0 unspecified atom stereocenters. The summed E-state index contributed by atoms with van der Waals surface area (Å²) < 4.78 is 0. The minimum atomic E-state index is 0.863. The molecule has 0 aliphatic carbocycles. The van der Waals surface area contributed by atoms with Gasteiger partial charge in [0.1, 0.15) is 5.69 Å². The van der Waals surface area contributed by atoms with Crippen molar-refractivity contribution >= 4 is 16.5 Å². The molecule has 0 saturated heterocycles. The van der Waals surface area contributed by atoms with Crippen LogP contribution in [-0.4, -0.2) is 27.0 Å². The van der Waals surface area contributed by atoms with Crippen molar-refractivity contribution in [2.75, 3.05) is 12.4 Å². The van der Waals surface area contributed by atoms with Crippen molar-refractivity contribution in [3.63, 3.8) is 0 Å². The van der Waals surface area contributed by atoms with Gasteiger partial charge in [0.15, 0.2) is 5.13 Å². The standard InChI is InChI=1S/C7H9N5S/c1-8-7-9-4-6(13-7)5-3-10-12(2)11-5/h3-4H,1-2H3,(H,8,9). The van der Waals surface area contributed by atoms with Gasteiger partial charge < -0.3 is 5.32 Å². The Morgan fingerprint density at radius 3 is 2.85 bits per heavy atom. The molecule has 1 N–H and O–H groups in total. The summed E-state index contributed by atoms with van der Waals surface area (Å²) in [4.78, 5) is 6.71. The van der Waals surface area contributed by atoms with Crippen molar-refractivity contribution < 1.29 is 0 Å². The van der Waals surface area contributed by atoms with E-state index in [2.05, 4.69) is 20.5 Å². The maximum absolute atomic E-state index is 4.18. The molecule has 0 aliphatic heterocycles. The third kappa shape index (κ3) is 1.52. The SMILES string of the molecule is CNc1ncc(-c2cnn(C)n2)s1. The van der Waals surface area contributed by atoms with Crippen molar-refractivity contribution in [1.29, 1.82) is 0 Å². The molecule has 0 radical (unpaired) electrons. The van der Waals surface area contributed by atoms with Crippen LogP contribution in [0.3, 0.4) is 0 Å². The zero-order chi connectivity index (χ0) is 9.26. The van der Waals surface area contributed by atoms with E-state index in [9.17, 15) is 0 Å². The number of hydrogen-bond acceptors (Lipinski definition) is 5. The summed E-state index contributed by atoms with van der Waals surface area (Å²) in [6, 6.07) is 0. The molecule has 2 heterocycles. The first-order chi connectivity index (χ1) is 6.29. The molecule has 13 heavy (non-hydrogen) atoms. The molecule has 0 saturated carbocycles. The van der Waals surface area contributed by atoms with Crippen LogP contribution in [0.25, 0.3) is 10.6 Å². The average Bonchev–Trinajstić information content (AvgIpc) is 2.71. The molecule has 2 rings (SSSR count). The van der Waals surface area contributed by atoms with Crippen LogP contribution in [0.4, 0.5) is 5.13 Å². The smallest absolute Gasteiger partial charge is 0.182 e. The zero-order valence-electron chi connectivity index (χ0n) is 7.35. The molecule has 0 spiro atoms. The Labute approximate surface area is 79.4 Å². The van der Waals surface area contributed by atoms with E-state index in [1.54, 1.807) is 30.8 Å². The lowest BCUT2D eigenvalue weighted by Gasteiger charge is -1.87. The van der Waals surface area contributed by atoms with Gasteiger partial charge in [0, 0.05) is 20.3 Å². The summed E-state index contributed by atoms with van der Waals surface area (Å²) in [5, 5.41) is 12.0. The van der Waals surface area contributed by atoms with Gasteiger partial charge in [-0.2, -0.15) is 15.0 Å². The highest BCUT2D eigenvalue weighted by Crippen LogP contribution is 2.26. The van der Waals surface area contributed by atoms with Crippen LogP contribution in [-0.2, 0) is 7.05 Å². The normalized spacial score (nSPS) is 10.3. The molecular weight excluding hydrogens is 186 g/mol. The number of nitrogens with zero attached hydrogens (tertiary/aromatic N) is 4. The molecule has 2 aromatic heterocycles. The Hall–Kier alpha value is -1.43. The number of hydrogen-bond donors (Lipinski definition) is 1. The fourth-order valence-corrected chi connectivity index (χ4v) is 1.69. The quantitative estimate of drug-likeness (QED) is 0.776. The molecular formula is C7H9N5S. The predicted octanol–water partition coefficient (Wildman–Crippen LogP) is 0.980. The lowest BCUT2D eigenvalue weighted by atomic mass is 10.4. The fraction of sp³-hybridized carbons (Fsp3) is 0.286. The number of aromatic nitrogens is 4. The summed E-state index contributed by atoms with van der Waals surface area (Å²) in [5.41, 5.74) is 0.863. The van der Waals surface area contributed by atoms with Gasteiger partial charge in [-0.3, -0.25) is 0 Å². The highest BCUT2D eigenvalue weighted by atomic mass is 32.1. The van der Waals surface area contributed by atoms with Gasteiger partial charge in [-0.1, -0.05) is 11.3 Å². The van der Waals surface area contributed by atoms with Gasteiger partial charge in [-0.15, -0.1) is 0 Å². The molecule has 0 bridgehead atoms. The molecule has 68 valence electrons. The number of rotatable bonds is 2. The van der Waals surface area contributed by atoms with Crippen LogP contribution in [0.2, 0.25) is 0 Å². The van der Waals surface area contributed by atoms with E-state index >= 15 is 0 Å². The first kappa shape index (κ1) is 8.18. The van der Waals surface area contributed by atoms with Crippen molar-refractivity contribution in [2.24, 2.45) is 7.05 Å². The van der Waals surface area contributed by atoms with E-state index in [1.165, 1.54) is 4.80 Å². The van der Waals surface area contributed by atoms with Gasteiger partial charge in [0.25, 0.3) is 0 Å². The van der Waals surface area contributed by atoms with E-state index in [1.807, 2.05) is 7.05 Å². The maximum atomic E-state index is 4.18. The van der Waals surface area contributed by atoms with Crippen molar-refractivity contribution in [1.82, 2.24) is 20.0 Å². The van der Waals surface area contributed by atoms with Gasteiger partial charge in [-0.05, 0) is 0 Å². The molecule has 0 fully saturated rings. The number of anilines is 1. The maximum Gasteiger partial charge on any atom is 0.182 e. The lowest BCUT2D eigenvalue weighted by Crippen LogP contribution is -1.91. The van der Waals surface area contributed by atoms with E-state index in [0.29, 0.717) is 0 Å². The second kappa shape index (κ2) is 3.14. The van der Waals surface area contributed by atoms with Crippen LogP contribution >= 0.6 is 11.3 Å². The third-order valence-corrected chi connectivity index (χ3v) is 2.61. The Bertz CT molecular complexity index is 404. The monoisotopic (exact) mass is 195 g/mol. The van der Waals surface area contributed by atoms with Crippen LogP contribution in [0.15, 0.2) is 12.4 Å². The Morgan fingerprint density at radius 2 is 2.31 bits per heavy atom. The van der Waals surface area contributed by atoms with Crippen molar-refractivity contribution in [3.05, 3.63) is 12.4 Å². The summed E-state index contributed by atoms with van der Waals surface area (Å²) in [5.74, 6) is 0. The average molecular weight is 195 g/mol. The third-order valence-electron chi connectivity index (χ3n) is 1.57. The van der Waals surface area contributed by atoms with Gasteiger partial charge >= 0.3 is 0 Å². The molecule has 2 aromatic rings.